The van der Waals surface area contributed by atoms with Crippen molar-refractivity contribution in [3.63, 3.8) is 0 Å². The Morgan fingerprint density at radius 3 is 2.77 bits per heavy atom. The van der Waals surface area contributed by atoms with Crippen molar-refractivity contribution in [2.75, 3.05) is 38.2 Å². The van der Waals surface area contributed by atoms with E-state index in [9.17, 15) is 18.3 Å². The Balaban J connectivity index is 2.37. The van der Waals surface area contributed by atoms with Gasteiger partial charge in [0, 0.05) is 27.2 Å². The van der Waals surface area contributed by atoms with Crippen LogP contribution < -0.4 is 4.31 Å². The molecule has 0 bridgehead atoms. The van der Waals surface area contributed by atoms with Crippen molar-refractivity contribution in [1.29, 1.82) is 0 Å². The molecule has 0 aliphatic carbocycles. The molecule has 1 atom stereocenters. The van der Waals surface area contributed by atoms with Crippen LogP contribution in [0.1, 0.15) is 17.9 Å². The van der Waals surface area contributed by atoms with Gasteiger partial charge in [-0.3, -0.25) is 9.10 Å². The first-order valence-electron chi connectivity index (χ1n) is 6.94. The summed E-state index contributed by atoms with van der Waals surface area (Å²) in [5.41, 5.74) is 0.968. The molecule has 2 rings (SSSR count). The highest BCUT2D eigenvalue weighted by Crippen LogP contribution is 2.37. The Morgan fingerprint density at radius 1 is 1.45 bits per heavy atom. The monoisotopic (exact) mass is 328 g/mol. The van der Waals surface area contributed by atoms with Gasteiger partial charge in [-0.1, -0.05) is 18.2 Å². The smallest absolute Gasteiger partial charge is 0.311 e. The Hall–Kier alpha value is -1.64. The number of rotatable bonds is 6. The number of carboxylic acids is 1. The number of benzene rings is 1. The van der Waals surface area contributed by atoms with Gasteiger partial charge in [-0.25, -0.2) is 0 Å². The largest absolute Gasteiger partial charge is 0.481 e. The van der Waals surface area contributed by atoms with Crippen LogP contribution in [0.4, 0.5) is 5.69 Å². The first-order chi connectivity index (χ1) is 10.4. The van der Waals surface area contributed by atoms with Crippen LogP contribution >= 0.6 is 0 Å². The van der Waals surface area contributed by atoms with E-state index in [0.29, 0.717) is 17.9 Å². The minimum Gasteiger partial charge on any atom is -0.481 e. The molecule has 0 saturated carbocycles. The lowest BCUT2D eigenvalue weighted by atomic mass is 9.91. The molecule has 1 aliphatic heterocycles. The quantitative estimate of drug-likeness (QED) is 0.838. The molecule has 1 aromatic carbocycles. The molecular weight excluding hydrogens is 308 g/mol. The number of hydrogen-bond acceptors (Lipinski definition) is 4. The Morgan fingerprint density at radius 2 is 2.14 bits per heavy atom. The molecule has 122 valence electrons. The van der Waals surface area contributed by atoms with E-state index < -0.39 is 22.1 Å². The van der Waals surface area contributed by atoms with E-state index in [1.165, 1.54) is 22.8 Å². The first kappa shape index (κ1) is 16.7. The van der Waals surface area contributed by atoms with Crippen LogP contribution in [0, 0.1) is 0 Å². The molecule has 0 saturated heterocycles. The molecule has 1 aliphatic rings. The van der Waals surface area contributed by atoms with Crippen LogP contribution in [0.3, 0.4) is 0 Å². The summed E-state index contributed by atoms with van der Waals surface area (Å²) >= 11 is 0. The molecule has 8 heteroatoms. The predicted molar refractivity (Wildman–Crippen MR) is 82.2 cm³/mol. The standard InChI is InChI=1S/C14H20N2O5S/c1-15(9-10-21-2)22(19,20)16-8-7-12(14(17)18)11-5-3-4-6-13(11)16/h3-6,12H,7-10H2,1-2H3,(H,17,18). The summed E-state index contributed by atoms with van der Waals surface area (Å²) in [6.45, 7) is 0.677. The molecule has 0 amide bonds. The van der Waals surface area contributed by atoms with Crippen LogP contribution in [0.2, 0.25) is 0 Å². The number of fused-ring (bicyclic) bond motifs is 1. The fourth-order valence-corrected chi connectivity index (χ4v) is 3.92. The molecule has 1 heterocycles. The van der Waals surface area contributed by atoms with Crippen molar-refractivity contribution < 1.29 is 23.1 Å². The lowest BCUT2D eigenvalue weighted by Crippen LogP contribution is -2.46. The molecule has 1 N–H and O–H groups in total. The molecule has 1 aromatic rings. The van der Waals surface area contributed by atoms with Crippen molar-refractivity contribution >= 4 is 21.9 Å². The SMILES string of the molecule is COCCN(C)S(=O)(=O)N1CCC(C(=O)O)c2ccccc21. The zero-order chi connectivity index (χ0) is 16.3. The highest BCUT2D eigenvalue weighted by molar-refractivity contribution is 7.90. The van der Waals surface area contributed by atoms with Gasteiger partial charge < -0.3 is 9.84 Å². The van der Waals surface area contributed by atoms with E-state index in [4.69, 9.17) is 4.74 Å². The van der Waals surface area contributed by atoms with E-state index >= 15 is 0 Å². The maximum absolute atomic E-state index is 12.7. The van der Waals surface area contributed by atoms with E-state index in [1.807, 2.05) is 0 Å². The van der Waals surface area contributed by atoms with Crippen LogP contribution in [-0.4, -0.2) is 57.7 Å². The summed E-state index contributed by atoms with van der Waals surface area (Å²) in [4.78, 5) is 11.4. The van der Waals surface area contributed by atoms with E-state index in [1.54, 1.807) is 24.3 Å². The maximum atomic E-state index is 12.7. The summed E-state index contributed by atoms with van der Waals surface area (Å²) in [5.74, 6) is -1.61. The number of nitrogens with zero attached hydrogens (tertiary/aromatic N) is 2. The molecular formula is C14H20N2O5S. The molecule has 0 radical (unpaired) electrons. The Kier molecular flexibility index (Phi) is 5.05. The Labute approximate surface area is 130 Å². The van der Waals surface area contributed by atoms with Gasteiger partial charge in [0.25, 0.3) is 0 Å². The molecule has 22 heavy (non-hydrogen) atoms. The zero-order valence-electron chi connectivity index (χ0n) is 12.6. The normalized spacial score (nSPS) is 18.3. The number of likely N-dealkylation sites (N-methyl/N-ethyl adjacent to an activating group) is 1. The highest BCUT2D eigenvalue weighted by Gasteiger charge is 2.36. The lowest BCUT2D eigenvalue weighted by Gasteiger charge is -2.35. The first-order valence-corrected chi connectivity index (χ1v) is 8.34. The third kappa shape index (κ3) is 3.08. The third-order valence-corrected chi connectivity index (χ3v) is 5.69. The summed E-state index contributed by atoms with van der Waals surface area (Å²) in [7, 11) is -0.709. The highest BCUT2D eigenvalue weighted by atomic mass is 32.2. The summed E-state index contributed by atoms with van der Waals surface area (Å²) < 4.78 is 32.8. The number of para-hydroxylation sites is 1. The van der Waals surface area contributed by atoms with Crippen molar-refractivity contribution in [2.24, 2.45) is 0 Å². The fourth-order valence-electron chi connectivity index (χ4n) is 2.53. The number of methoxy groups -OCH3 is 1. The zero-order valence-corrected chi connectivity index (χ0v) is 13.4. The average molecular weight is 328 g/mol. The van der Waals surface area contributed by atoms with Crippen molar-refractivity contribution in [1.82, 2.24) is 4.31 Å². The third-order valence-electron chi connectivity index (χ3n) is 3.78. The average Bonchev–Trinajstić information content (AvgIpc) is 2.50. The van der Waals surface area contributed by atoms with Gasteiger partial charge >= 0.3 is 16.2 Å². The van der Waals surface area contributed by atoms with E-state index in [2.05, 4.69) is 0 Å². The maximum Gasteiger partial charge on any atom is 0.311 e. The number of aliphatic carboxylic acids is 1. The van der Waals surface area contributed by atoms with Gasteiger partial charge in [-0.05, 0) is 18.1 Å². The van der Waals surface area contributed by atoms with Crippen molar-refractivity contribution in [3.05, 3.63) is 29.8 Å². The van der Waals surface area contributed by atoms with Gasteiger partial charge in [0.2, 0.25) is 0 Å². The van der Waals surface area contributed by atoms with Gasteiger partial charge in [0.15, 0.2) is 0 Å². The van der Waals surface area contributed by atoms with Crippen molar-refractivity contribution in [2.45, 2.75) is 12.3 Å². The second kappa shape index (κ2) is 6.64. The lowest BCUT2D eigenvalue weighted by molar-refractivity contribution is -0.139. The molecule has 0 aromatic heterocycles. The second-order valence-electron chi connectivity index (χ2n) is 5.13. The van der Waals surface area contributed by atoms with Crippen LogP contribution in [0.5, 0.6) is 0 Å². The number of ether oxygens (including phenoxy) is 1. The number of carboxylic acid groups (broad SMARTS) is 1. The van der Waals surface area contributed by atoms with Crippen LogP contribution in [0.15, 0.2) is 24.3 Å². The summed E-state index contributed by atoms with van der Waals surface area (Å²) in [6.07, 6.45) is 0.254. The fraction of sp³-hybridized carbons (Fsp3) is 0.500. The van der Waals surface area contributed by atoms with Gasteiger partial charge in [0.05, 0.1) is 18.2 Å². The second-order valence-corrected chi connectivity index (χ2v) is 7.09. The minimum atomic E-state index is -3.70. The topological polar surface area (TPSA) is 87.2 Å². The number of anilines is 1. The molecule has 0 spiro atoms. The minimum absolute atomic E-state index is 0.146. The van der Waals surface area contributed by atoms with E-state index in [0.717, 1.165) is 0 Å². The predicted octanol–water partition coefficient (Wildman–Crippen LogP) is 0.888. The number of hydrogen-bond donors (Lipinski definition) is 1. The van der Waals surface area contributed by atoms with Gasteiger partial charge in [-0.15, -0.1) is 0 Å². The van der Waals surface area contributed by atoms with Gasteiger partial charge in [-0.2, -0.15) is 12.7 Å². The van der Waals surface area contributed by atoms with E-state index in [-0.39, 0.29) is 19.5 Å². The molecule has 1 unspecified atom stereocenters. The molecule has 0 fully saturated rings. The number of carbonyl (C=O) groups is 1. The van der Waals surface area contributed by atoms with Crippen LogP contribution in [-0.2, 0) is 19.7 Å². The molecule has 7 nitrogen and oxygen atoms in total. The summed E-state index contributed by atoms with van der Waals surface area (Å²) in [5, 5.41) is 9.30. The summed E-state index contributed by atoms with van der Waals surface area (Å²) in [6, 6.07) is 6.75. The Bertz CT molecular complexity index is 646. The van der Waals surface area contributed by atoms with Gasteiger partial charge in [0.1, 0.15) is 0 Å². The van der Waals surface area contributed by atoms with Crippen molar-refractivity contribution in [3.8, 4) is 0 Å². The van der Waals surface area contributed by atoms with Crippen LogP contribution in [0.25, 0.3) is 0 Å².